The van der Waals surface area contributed by atoms with E-state index in [0.717, 1.165) is 17.3 Å². The van der Waals surface area contributed by atoms with Crippen LogP contribution < -0.4 is 5.32 Å². The van der Waals surface area contributed by atoms with E-state index >= 15 is 0 Å². The van der Waals surface area contributed by atoms with Crippen LogP contribution in [-0.2, 0) is 0 Å². The summed E-state index contributed by atoms with van der Waals surface area (Å²) in [6, 6.07) is 12.1. The third-order valence-electron chi connectivity index (χ3n) is 3.50. The molecule has 0 spiro atoms. The highest BCUT2D eigenvalue weighted by atomic mass is 79.9. The molecule has 24 heavy (non-hydrogen) atoms. The van der Waals surface area contributed by atoms with Gasteiger partial charge >= 0.3 is 0 Å². The smallest absolute Gasteiger partial charge is 0.274 e. The second-order valence-electron chi connectivity index (χ2n) is 5.45. The summed E-state index contributed by atoms with van der Waals surface area (Å²) >= 11 is 3.35. The van der Waals surface area contributed by atoms with Gasteiger partial charge < -0.3 is 10.2 Å². The van der Waals surface area contributed by atoms with Crippen LogP contribution in [0.5, 0.6) is 0 Å². The van der Waals surface area contributed by atoms with Gasteiger partial charge in [0, 0.05) is 23.8 Å². The Hall–Kier alpha value is -2.21. The van der Waals surface area contributed by atoms with Crippen molar-refractivity contribution in [3.05, 3.63) is 58.3 Å². The minimum absolute atomic E-state index is 0.179. The Morgan fingerprint density at radius 2 is 1.79 bits per heavy atom. The van der Waals surface area contributed by atoms with Crippen molar-refractivity contribution in [2.45, 2.75) is 19.8 Å². The average molecular weight is 390 g/mol. The number of aromatic nitrogens is 1. The zero-order chi connectivity index (χ0) is 17.5. The van der Waals surface area contributed by atoms with Crippen molar-refractivity contribution in [3.8, 4) is 0 Å². The van der Waals surface area contributed by atoms with Crippen LogP contribution >= 0.6 is 15.9 Å². The zero-order valence-corrected chi connectivity index (χ0v) is 15.3. The minimum Gasteiger partial charge on any atom is -0.340 e. The maximum absolute atomic E-state index is 12.3. The lowest BCUT2D eigenvalue weighted by molar-refractivity contribution is 0.0787. The number of carbonyl (C=O) groups is 2. The number of unbranched alkanes of at least 4 members (excludes halogenated alkanes) is 1. The van der Waals surface area contributed by atoms with Gasteiger partial charge in [-0.3, -0.25) is 9.59 Å². The lowest BCUT2D eigenvalue weighted by Gasteiger charge is -2.16. The molecule has 126 valence electrons. The summed E-state index contributed by atoms with van der Waals surface area (Å²) in [7, 11) is 1.74. The largest absolute Gasteiger partial charge is 0.340 e. The fourth-order valence-electron chi connectivity index (χ4n) is 2.10. The first-order valence-corrected chi connectivity index (χ1v) is 8.60. The second kappa shape index (κ2) is 8.59. The first kappa shape index (κ1) is 18.1. The van der Waals surface area contributed by atoms with Crippen molar-refractivity contribution in [2.75, 3.05) is 18.9 Å². The Kier molecular flexibility index (Phi) is 6.49. The first-order chi connectivity index (χ1) is 11.5. The molecule has 2 rings (SSSR count). The summed E-state index contributed by atoms with van der Waals surface area (Å²) in [5, 5.41) is 2.77. The van der Waals surface area contributed by atoms with Crippen molar-refractivity contribution < 1.29 is 9.59 Å². The molecule has 0 bridgehead atoms. The Morgan fingerprint density at radius 1 is 1.12 bits per heavy atom. The van der Waals surface area contributed by atoms with Gasteiger partial charge in [0.1, 0.15) is 11.4 Å². The molecular weight excluding hydrogens is 370 g/mol. The van der Waals surface area contributed by atoms with Crippen molar-refractivity contribution in [3.63, 3.8) is 0 Å². The van der Waals surface area contributed by atoms with Gasteiger partial charge in [0.2, 0.25) is 0 Å². The standard InChI is InChI=1S/C18H20BrN3O2/c1-3-4-12-22(2)18(24)16-7-5-6-15(21-16)17(23)20-14-10-8-13(19)9-11-14/h5-11H,3-4,12H2,1-2H3,(H,20,23). The molecule has 0 saturated carbocycles. The molecule has 1 aromatic carbocycles. The Morgan fingerprint density at radius 3 is 2.46 bits per heavy atom. The van der Waals surface area contributed by atoms with Gasteiger partial charge in [0.25, 0.3) is 11.8 Å². The molecule has 2 amide bonds. The van der Waals surface area contributed by atoms with E-state index in [-0.39, 0.29) is 23.2 Å². The SMILES string of the molecule is CCCCN(C)C(=O)c1cccc(C(=O)Nc2ccc(Br)cc2)n1. The molecule has 0 aliphatic rings. The summed E-state index contributed by atoms with van der Waals surface area (Å²) in [6.45, 7) is 2.75. The number of amides is 2. The molecule has 1 aromatic heterocycles. The molecule has 0 radical (unpaired) electrons. The summed E-state index contributed by atoms with van der Waals surface area (Å²) in [6.07, 6.45) is 1.95. The van der Waals surface area contributed by atoms with E-state index in [9.17, 15) is 9.59 Å². The molecule has 0 fully saturated rings. The van der Waals surface area contributed by atoms with Crippen LogP contribution in [0.4, 0.5) is 5.69 Å². The Bertz CT molecular complexity index is 716. The van der Waals surface area contributed by atoms with Crippen LogP contribution in [-0.4, -0.2) is 35.3 Å². The predicted octanol–water partition coefficient (Wildman–Crippen LogP) is 3.97. The monoisotopic (exact) mass is 389 g/mol. The second-order valence-corrected chi connectivity index (χ2v) is 6.37. The van der Waals surface area contributed by atoms with Crippen LogP contribution in [0.25, 0.3) is 0 Å². The van der Waals surface area contributed by atoms with Gasteiger partial charge in [0.05, 0.1) is 0 Å². The number of hydrogen-bond donors (Lipinski definition) is 1. The maximum atomic E-state index is 12.3. The maximum Gasteiger partial charge on any atom is 0.274 e. The number of rotatable bonds is 6. The van der Waals surface area contributed by atoms with E-state index in [1.165, 1.54) is 0 Å². The topological polar surface area (TPSA) is 62.3 Å². The summed E-state index contributed by atoms with van der Waals surface area (Å²) < 4.78 is 0.932. The molecule has 0 atom stereocenters. The molecule has 6 heteroatoms. The average Bonchev–Trinajstić information content (AvgIpc) is 2.61. The Balaban J connectivity index is 2.10. The van der Waals surface area contributed by atoms with Crippen molar-refractivity contribution >= 4 is 33.4 Å². The fourth-order valence-corrected chi connectivity index (χ4v) is 2.37. The number of nitrogens with zero attached hydrogens (tertiary/aromatic N) is 2. The van der Waals surface area contributed by atoms with E-state index in [1.54, 1.807) is 42.3 Å². The van der Waals surface area contributed by atoms with E-state index in [1.807, 2.05) is 12.1 Å². The van der Waals surface area contributed by atoms with Crippen molar-refractivity contribution in [2.24, 2.45) is 0 Å². The van der Waals surface area contributed by atoms with Gasteiger partial charge in [0.15, 0.2) is 0 Å². The molecule has 0 aliphatic heterocycles. The number of carbonyl (C=O) groups excluding carboxylic acids is 2. The van der Waals surface area contributed by atoms with Crippen LogP contribution in [0.3, 0.4) is 0 Å². The lowest BCUT2D eigenvalue weighted by Crippen LogP contribution is -2.29. The minimum atomic E-state index is -0.344. The van der Waals surface area contributed by atoms with Crippen LogP contribution in [0.15, 0.2) is 46.9 Å². The van der Waals surface area contributed by atoms with E-state index in [0.29, 0.717) is 12.2 Å². The van der Waals surface area contributed by atoms with Crippen LogP contribution in [0.2, 0.25) is 0 Å². The van der Waals surface area contributed by atoms with Gasteiger partial charge in [-0.2, -0.15) is 0 Å². The summed E-state index contributed by atoms with van der Waals surface area (Å²) in [5.74, 6) is -0.523. The lowest BCUT2D eigenvalue weighted by atomic mass is 10.2. The fraction of sp³-hybridized carbons (Fsp3) is 0.278. The molecule has 1 heterocycles. The van der Waals surface area contributed by atoms with Gasteiger partial charge in [-0.1, -0.05) is 35.3 Å². The predicted molar refractivity (Wildman–Crippen MR) is 98.2 cm³/mol. The molecule has 0 saturated heterocycles. The molecule has 0 aliphatic carbocycles. The van der Waals surface area contributed by atoms with Gasteiger partial charge in [-0.15, -0.1) is 0 Å². The highest BCUT2D eigenvalue weighted by molar-refractivity contribution is 9.10. The van der Waals surface area contributed by atoms with Gasteiger partial charge in [-0.25, -0.2) is 4.98 Å². The molecule has 5 nitrogen and oxygen atoms in total. The van der Waals surface area contributed by atoms with Crippen molar-refractivity contribution in [1.29, 1.82) is 0 Å². The van der Waals surface area contributed by atoms with Crippen molar-refractivity contribution in [1.82, 2.24) is 9.88 Å². The quantitative estimate of drug-likeness (QED) is 0.812. The molecular formula is C18H20BrN3O2. The summed E-state index contributed by atoms with van der Waals surface area (Å²) in [4.78, 5) is 30.5. The third kappa shape index (κ3) is 4.89. The van der Waals surface area contributed by atoms with Gasteiger partial charge in [-0.05, 0) is 42.8 Å². The zero-order valence-electron chi connectivity index (χ0n) is 13.8. The van der Waals surface area contributed by atoms with Crippen LogP contribution in [0.1, 0.15) is 40.7 Å². The number of benzene rings is 1. The van der Waals surface area contributed by atoms with E-state index in [2.05, 4.69) is 33.2 Å². The Labute approximate surface area is 150 Å². The number of anilines is 1. The van der Waals surface area contributed by atoms with Crippen LogP contribution in [0, 0.1) is 0 Å². The highest BCUT2D eigenvalue weighted by Crippen LogP contribution is 2.15. The highest BCUT2D eigenvalue weighted by Gasteiger charge is 2.15. The molecule has 0 unspecified atom stereocenters. The van der Waals surface area contributed by atoms with E-state index < -0.39 is 0 Å². The normalized spacial score (nSPS) is 10.3. The number of pyridine rings is 1. The van der Waals surface area contributed by atoms with E-state index in [4.69, 9.17) is 0 Å². The number of hydrogen-bond acceptors (Lipinski definition) is 3. The third-order valence-corrected chi connectivity index (χ3v) is 4.03. The summed E-state index contributed by atoms with van der Waals surface area (Å²) in [5.41, 5.74) is 1.16. The molecule has 2 aromatic rings. The first-order valence-electron chi connectivity index (χ1n) is 7.80. The number of halogens is 1. The molecule has 1 N–H and O–H groups in total. The number of nitrogens with one attached hydrogen (secondary N) is 1.